The van der Waals surface area contributed by atoms with Gasteiger partial charge in [0.15, 0.2) is 0 Å². The number of aliphatic carboxylic acids is 1. The highest BCUT2D eigenvalue weighted by Crippen LogP contribution is 2.58. The molecule has 0 spiro atoms. The third kappa shape index (κ3) is 2.14. The lowest BCUT2D eigenvalue weighted by molar-refractivity contribution is -0.139. The summed E-state index contributed by atoms with van der Waals surface area (Å²) in [6, 6.07) is 7.31. The van der Waals surface area contributed by atoms with E-state index in [0.717, 1.165) is 5.56 Å². The minimum absolute atomic E-state index is 0.797. The van der Waals surface area contributed by atoms with E-state index in [4.69, 9.17) is 11.8 Å². The van der Waals surface area contributed by atoms with Crippen molar-refractivity contribution in [2.75, 3.05) is 13.3 Å². The fourth-order valence-electron chi connectivity index (χ4n) is 1.43. The summed E-state index contributed by atoms with van der Waals surface area (Å²) in [5, 5.41) is 8.46. The predicted molar refractivity (Wildman–Crippen MR) is 67.6 cm³/mol. The Morgan fingerprint density at radius 3 is 2.13 bits per heavy atom. The molecule has 1 aromatic carbocycles. The monoisotopic (exact) mass is 242 g/mol. The average Bonchev–Trinajstić information content (AvgIpc) is 2.16. The van der Waals surface area contributed by atoms with E-state index in [9.17, 15) is 9.90 Å². The highest BCUT2D eigenvalue weighted by Gasteiger charge is 2.42. The third-order valence-electron chi connectivity index (χ3n) is 2.83. The molecule has 0 aliphatic carbocycles. The van der Waals surface area contributed by atoms with Gasteiger partial charge in [-0.25, -0.2) is 0 Å². The first kappa shape index (κ1) is 12.4. The number of benzene rings is 1. The minimum atomic E-state index is -1.93. The van der Waals surface area contributed by atoms with Crippen LogP contribution in [-0.4, -0.2) is 24.4 Å². The number of hydrogen-bond acceptors (Lipinski definition) is 2. The van der Waals surface area contributed by atoms with Gasteiger partial charge < -0.3 is 5.11 Å². The van der Waals surface area contributed by atoms with Crippen molar-refractivity contribution >= 4 is 23.8 Å². The fraction of sp³-hybridized carbons (Fsp3) is 0.364. The third-order valence-corrected chi connectivity index (χ3v) is 6.53. The lowest BCUT2D eigenvalue weighted by Crippen LogP contribution is -2.31. The minimum Gasteiger partial charge on any atom is -0.480 e. The number of carboxylic acid groups (broad SMARTS) is 1. The molecular weight excluding hydrogens is 227 g/mol. The molecule has 0 heterocycles. The average molecular weight is 242 g/mol. The van der Waals surface area contributed by atoms with Crippen LogP contribution in [0.2, 0.25) is 0 Å². The van der Waals surface area contributed by atoms with E-state index in [1.165, 1.54) is 0 Å². The van der Waals surface area contributed by atoms with E-state index < -0.39 is 17.2 Å². The van der Waals surface area contributed by atoms with Crippen molar-refractivity contribution in [2.24, 2.45) is 0 Å². The van der Waals surface area contributed by atoms with Crippen molar-refractivity contribution in [3.63, 3.8) is 0 Å². The zero-order valence-corrected chi connectivity index (χ0v) is 10.8. The molecule has 1 rings (SSSR count). The van der Waals surface area contributed by atoms with Crippen LogP contribution in [0.15, 0.2) is 30.3 Å². The Morgan fingerprint density at radius 1 is 1.33 bits per heavy atom. The van der Waals surface area contributed by atoms with Crippen molar-refractivity contribution in [3.05, 3.63) is 35.9 Å². The van der Waals surface area contributed by atoms with Crippen LogP contribution < -0.4 is 0 Å². The molecule has 0 bridgehead atoms. The maximum atomic E-state index is 11.4. The largest absolute Gasteiger partial charge is 0.480 e. The van der Waals surface area contributed by atoms with E-state index in [2.05, 4.69) is 0 Å². The fourth-order valence-corrected chi connectivity index (χ4v) is 3.21. The molecule has 0 aliphatic rings. The Kier molecular flexibility index (Phi) is 3.37. The van der Waals surface area contributed by atoms with Gasteiger partial charge in [-0.15, -0.1) is 0 Å². The molecular formula is C11H15O2PS. The summed E-state index contributed by atoms with van der Waals surface area (Å²) in [4.78, 5) is 11.4. The summed E-state index contributed by atoms with van der Waals surface area (Å²) in [7, 11) is 0. The van der Waals surface area contributed by atoms with Gasteiger partial charge >= 0.3 is 5.97 Å². The molecule has 0 saturated carbocycles. The molecule has 0 saturated heterocycles. The number of carboxylic acids is 1. The Morgan fingerprint density at radius 2 is 1.80 bits per heavy atom. The molecule has 0 aromatic heterocycles. The van der Waals surface area contributed by atoms with Crippen molar-refractivity contribution in [3.8, 4) is 0 Å². The van der Waals surface area contributed by atoms with Crippen molar-refractivity contribution in [1.82, 2.24) is 0 Å². The van der Waals surface area contributed by atoms with Gasteiger partial charge in [-0.2, -0.15) is 0 Å². The van der Waals surface area contributed by atoms with E-state index in [1.807, 2.05) is 43.7 Å². The van der Waals surface area contributed by atoms with Crippen LogP contribution in [-0.2, 0) is 21.8 Å². The topological polar surface area (TPSA) is 37.3 Å². The lowest BCUT2D eigenvalue weighted by atomic mass is 10.0. The lowest BCUT2D eigenvalue weighted by Gasteiger charge is -2.32. The second-order valence-corrected chi connectivity index (χ2v) is 10.4. The molecule has 1 aromatic rings. The van der Waals surface area contributed by atoms with Crippen LogP contribution >= 0.6 is 6.04 Å². The van der Waals surface area contributed by atoms with Crippen LogP contribution in [0.4, 0.5) is 0 Å². The number of hydrogen-bond donors (Lipinski definition) is 1. The zero-order chi connectivity index (χ0) is 11.7. The molecule has 0 aliphatic heterocycles. The van der Waals surface area contributed by atoms with Crippen LogP contribution in [0.25, 0.3) is 0 Å². The van der Waals surface area contributed by atoms with Crippen LogP contribution in [0.1, 0.15) is 12.5 Å². The van der Waals surface area contributed by atoms with Crippen LogP contribution in [0, 0.1) is 0 Å². The van der Waals surface area contributed by atoms with Crippen LogP contribution in [0.3, 0.4) is 0 Å². The molecule has 0 radical (unpaired) electrons. The van der Waals surface area contributed by atoms with Gasteiger partial charge in [0.2, 0.25) is 0 Å². The Bertz CT molecular complexity index is 410. The van der Waals surface area contributed by atoms with Gasteiger partial charge in [0.05, 0.1) is 0 Å². The van der Waals surface area contributed by atoms with E-state index >= 15 is 0 Å². The quantitative estimate of drug-likeness (QED) is 0.828. The second-order valence-electron chi connectivity index (χ2n) is 4.09. The summed E-state index contributed by atoms with van der Waals surface area (Å²) in [5.74, 6) is -0.831. The van der Waals surface area contributed by atoms with Crippen LogP contribution in [0.5, 0.6) is 0 Å². The maximum Gasteiger partial charge on any atom is 0.318 e. The second kappa shape index (κ2) is 4.07. The van der Waals surface area contributed by atoms with Crippen molar-refractivity contribution in [2.45, 2.75) is 12.1 Å². The molecule has 4 heteroatoms. The van der Waals surface area contributed by atoms with Gasteiger partial charge in [0, 0.05) is 0 Å². The summed E-state index contributed by atoms with van der Waals surface area (Å²) in [6.07, 6.45) is 0. The van der Waals surface area contributed by atoms with E-state index in [-0.39, 0.29) is 0 Å². The predicted octanol–water partition coefficient (Wildman–Crippen LogP) is 2.73. The summed E-state index contributed by atoms with van der Waals surface area (Å²) < 4.78 is 0. The molecule has 0 amide bonds. The maximum absolute atomic E-state index is 11.4. The van der Waals surface area contributed by atoms with Gasteiger partial charge in [-0.05, 0) is 31.9 Å². The number of carbonyl (C=O) groups is 1. The molecule has 1 atom stereocenters. The highest BCUT2D eigenvalue weighted by molar-refractivity contribution is 8.14. The highest BCUT2D eigenvalue weighted by atomic mass is 32.4. The molecule has 82 valence electrons. The van der Waals surface area contributed by atoms with Gasteiger partial charge in [0.1, 0.15) is 5.16 Å². The Hall–Kier alpha value is -0.660. The summed E-state index contributed by atoms with van der Waals surface area (Å²) in [5.41, 5.74) is 0.797. The van der Waals surface area contributed by atoms with Gasteiger partial charge in [-0.3, -0.25) is 4.79 Å². The first-order valence-electron chi connectivity index (χ1n) is 4.64. The van der Waals surface area contributed by atoms with E-state index in [0.29, 0.717) is 0 Å². The first-order valence-corrected chi connectivity index (χ1v) is 8.34. The zero-order valence-electron chi connectivity index (χ0n) is 9.10. The Balaban J connectivity index is 3.39. The van der Waals surface area contributed by atoms with Gasteiger partial charge in [-0.1, -0.05) is 42.1 Å². The molecule has 1 N–H and O–H groups in total. The first-order chi connectivity index (χ1) is 6.80. The van der Waals surface area contributed by atoms with Crippen molar-refractivity contribution in [1.29, 1.82) is 0 Å². The standard InChI is InChI=1S/C11H15O2PS/c1-11(10(12)13,14(2,3)15)9-7-5-4-6-8-9/h4-8H,1-3H3,(H,12,13). The Labute approximate surface area is 95.3 Å². The molecule has 15 heavy (non-hydrogen) atoms. The van der Waals surface area contributed by atoms with E-state index in [1.54, 1.807) is 6.92 Å². The summed E-state index contributed by atoms with van der Waals surface area (Å²) in [6.45, 7) is 5.48. The smallest absolute Gasteiger partial charge is 0.318 e. The molecule has 0 fully saturated rings. The SMILES string of the molecule is CC(C(=O)O)(c1ccccc1)P(C)(C)=S. The van der Waals surface area contributed by atoms with Gasteiger partial charge in [0.25, 0.3) is 0 Å². The van der Waals surface area contributed by atoms with Crippen molar-refractivity contribution < 1.29 is 9.90 Å². The molecule has 1 unspecified atom stereocenters. The number of rotatable bonds is 3. The molecule has 2 nitrogen and oxygen atoms in total. The summed E-state index contributed by atoms with van der Waals surface area (Å²) >= 11 is 5.41. The normalized spacial score (nSPS) is 15.7.